The van der Waals surface area contributed by atoms with Crippen molar-refractivity contribution >= 4 is 11.8 Å². The minimum Gasteiger partial charge on any atom is -0.382 e. The predicted molar refractivity (Wildman–Crippen MR) is 54.8 cm³/mol. The molecular weight excluding hydrogens is 170 g/mol. The summed E-state index contributed by atoms with van der Waals surface area (Å²) in [5.41, 5.74) is 0. The van der Waals surface area contributed by atoms with Crippen molar-refractivity contribution in [1.82, 2.24) is 5.32 Å². The third-order valence-corrected chi connectivity index (χ3v) is 3.29. The SMILES string of the molecule is CCOCCCSCC1CNC1. The highest BCUT2D eigenvalue weighted by atomic mass is 32.2. The summed E-state index contributed by atoms with van der Waals surface area (Å²) in [5, 5.41) is 3.28. The number of nitrogens with one attached hydrogen (secondary N) is 1. The van der Waals surface area contributed by atoms with Gasteiger partial charge in [0.15, 0.2) is 0 Å². The summed E-state index contributed by atoms with van der Waals surface area (Å²) < 4.78 is 5.26. The first-order valence-corrected chi connectivity index (χ1v) is 5.95. The highest BCUT2D eigenvalue weighted by molar-refractivity contribution is 7.99. The smallest absolute Gasteiger partial charge is 0.0473 e. The predicted octanol–water partition coefficient (Wildman–Crippen LogP) is 1.37. The van der Waals surface area contributed by atoms with Gasteiger partial charge in [-0.25, -0.2) is 0 Å². The van der Waals surface area contributed by atoms with Crippen LogP contribution in [0.2, 0.25) is 0 Å². The fourth-order valence-electron chi connectivity index (χ4n) is 1.12. The maximum atomic E-state index is 5.26. The van der Waals surface area contributed by atoms with Crippen LogP contribution < -0.4 is 5.32 Å². The van der Waals surface area contributed by atoms with Gasteiger partial charge in [-0.1, -0.05) is 0 Å². The van der Waals surface area contributed by atoms with Crippen molar-refractivity contribution in [1.29, 1.82) is 0 Å². The molecule has 1 saturated heterocycles. The fraction of sp³-hybridized carbons (Fsp3) is 1.00. The molecule has 1 aliphatic heterocycles. The lowest BCUT2D eigenvalue weighted by Crippen LogP contribution is -2.43. The van der Waals surface area contributed by atoms with Crippen molar-refractivity contribution in [2.24, 2.45) is 5.92 Å². The van der Waals surface area contributed by atoms with Crippen molar-refractivity contribution in [3.8, 4) is 0 Å². The van der Waals surface area contributed by atoms with Crippen LogP contribution in [0.1, 0.15) is 13.3 Å². The molecule has 0 amide bonds. The molecule has 0 unspecified atom stereocenters. The van der Waals surface area contributed by atoms with Crippen LogP contribution in [0, 0.1) is 5.92 Å². The van der Waals surface area contributed by atoms with Crippen molar-refractivity contribution in [2.45, 2.75) is 13.3 Å². The van der Waals surface area contributed by atoms with E-state index in [-0.39, 0.29) is 0 Å². The van der Waals surface area contributed by atoms with Crippen LogP contribution >= 0.6 is 11.8 Å². The minimum atomic E-state index is 0.858. The first-order valence-electron chi connectivity index (χ1n) is 4.79. The molecule has 72 valence electrons. The molecule has 12 heavy (non-hydrogen) atoms. The van der Waals surface area contributed by atoms with Gasteiger partial charge in [0.1, 0.15) is 0 Å². The number of thioether (sulfide) groups is 1. The first-order chi connectivity index (χ1) is 5.93. The standard InChI is InChI=1S/C9H19NOS/c1-2-11-4-3-5-12-8-9-6-10-7-9/h9-10H,2-8H2,1H3. The number of ether oxygens (including phenoxy) is 1. The van der Waals surface area contributed by atoms with E-state index in [0.717, 1.165) is 19.1 Å². The highest BCUT2D eigenvalue weighted by Gasteiger charge is 2.15. The number of hydrogen-bond acceptors (Lipinski definition) is 3. The average Bonchev–Trinajstić information content (AvgIpc) is 2.00. The van der Waals surface area contributed by atoms with Crippen LogP contribution in [-0.4, -0.2) is 37.8 Å². The van der Waals surface area contributed by atoms with Crippen LogP contribution in [0.4, 0.5) is 0 Å². The van der Waals surface area contributed by atoms with E-state index in [0.29, 0.717) is 0 Å². The zero-order valence-electron chi connectivity index (χ0n) is 7.84. The Balaban J connectivity index is 1.70. The van der Waals surface area contributed by atoms with Crippen LogP contribution in [0.5, 0.6) is 0 Å². The van der Waals surface area contributed by atoms with E-state index in [2.05, 4.69) is 17.1 Å². The Morgan fingerprint density at radius 3 is 2.92 bits per heavy atom. The molecule has 0 saturated carbocycles. The summed E-state index contributed by atoms with van der Waals surface area (Å²) in [7, 11) is 0. The zero-order chi connectivity index (χ0) is 8.65. The van der Waals surface area contributed by atoms with Crippen LogP contribution in [0.25, 0.3) is 0 Å². The molecule has 2 nitrogen and oxygen atoms in total. The van der Waals surface area contributed by atoms with E-state index in [1.54, 1.807) is 0 Å². The maximum Gasteiger partial charge on any atom is 0.0473 e. The monoisotopic (exact) mass is 189 g/mol. The molecule has 1 N–H and O–H groups in total. The van der Waals surface area contributed by atoms with Gasteiger partial charge >= 0.3 is 0 Å². The summed E-state index contributed by atoms with van der Waals surface area (Å²) in [6.07, 6.45) is 1.21. The van der Waals surface area contributed by atoms with Crippen LogP contribution in [-0.2, 0) is 4.74 Å². The lowest BCUT2D eigenvalue weighted by Gasteiger charge is -2.26. The molecule has 0 aliphatic carbocycles. The van der Waals surface area contributed by atoms with Gasteiger partial charge in [0.25, 0.3) is 0 Å². The molecule has 1 aliphatic rings. The molecule has 0 bridgehead atoms. The van der Waals surface area contributed by atoms with E-state index >= 15 is 0 Å². The summed E-state index contributed by atoms with van der Waals surface area (Å²) in [5.74, 6) is 3.54. The second-order valence-electron chi connectivity index (χ2n) is 3.15. The summed E-state index contributed by atoms with van der Waals surface area (Å²) in [6, 6.07) is 0. The number of hydrogen-bond donors (Lipinski definition) is 1. The zero-order valence-corrected chi connectivity index (χ0v) is 8.66. The van der Waals surface area contributed by atoms with Gasteiger partial charge in [0, 0.05) is 13.2 Å². The largest absolute Gasteiger partial charge is 0.382 e. The Morgan fingerprint density at radius 1 is 1.50 bits per heavy atom. The molecular formula is C9H19NOS. The Bertz CT molecular complexity index is 107. The first kappa shape index (κ1) is 10.4. The van der Waals surface area contributed by atoms with Crippen molar-refractivity contribution < 1.29 is 4.74 Å². The Morgan fingerprint density at radius 2 is 2.33 bits per heavy atom. The van der Waals surface area contributed by atoms with Gasteiger partial charge in [-0.05, 0) is 43.9 Å². The molecule has 0 aromatic heterocycles. The quantitative estimate of drug-likeness (QED) is 0.611. The van der Waals surface area contributed by atoms with Gasteiger partial charge in [0.2, 0.25) is 0 Å². The van der Waals surface area contributed by atoms with Crippen molar-refractivity contribution in [3.63, 3.8) is 0 Å². The molecule has 1 fully saturated rings. The lowest BCUT2D eigenvalue weighted by atomic mass is 10.1. The Labute approximate surface area is 79.4 Å². The van der Waals surface area contributed by atoms with Gasteiger partial charge < -0.3 is 10.1 Å². The lowest BCUT2D eigenvalue weighted by molar-refractivity contribution is 0.149. The van der Waals surface area contributed by atoms with E-state index in [1.807, 2.05) is 6.92 Å². The molecule has 0 aromatic rings. The van der Waals surface area contributed by atoms with Crippen LogP contribution in [0.3, 0.4) is 0 Å². The van der Waals surface area contributed by atoms with E-state index < -0.39 is 0 Å². The van der Waals surface area contributed by atoms with E-state index in [1.165, 1.54) is 31.0 Å². The van der Waals surface area contributed by atoms with Crippen LogP contribution in [0.15, 0.2) is 0 Å². The number of rotatable bonds is 7. The van der Waals surface area contributed by atoms with Gasteiger partial charge in [0.05, 0.1) is 0 Å². The molecule has 3 heteroatoms. The highest BCUT2D eigenvalue weighted by Crippen LogP contribution is 2.12. The van der Waals surface area contributed by atoms with E-state index in [9.17, 15) is 0 Å². The summed E-state index contributed by atoms with van der Waals surface area (Å²) >= 11 is 2.07. The van der Waals surface area contributed by atoms with Gasteiger partial charge in [-0.15, -0.1) is 0 Å². The summed E-state index contributed by atoms with van der Waals surface area (Å²) in [6.45, 7) is 6.31. The van der Waals surface area contributed by atoms with Crippen molar-refractivity contribution in [3.05, 3.63) is 0 Å². The van der Waals surface area contributed by atoms with Crippen molar-refractivity contribution in [2.75, 3.05) is 37.8 Å². The fourth-order valence-corrected chi connectivity index (χ4v) is 2.18. The molecule has 0 spiro atoms. The molecule has 1 rings (SSSR count). The topological polar surface area (TPSA) is 21.3 Å². The third-order valence-electron chi connectivity index (χ3n) is 2.00. The normalized spacial score (nSPS) is 17.8. The third kappa shape index (κ3) is 4.33. The average molecular weight is 189 g/mol. The van der Waals surface area contributed by atoms with Gasteiger partial charge in [-0.2, -0.15) is 11.8 Å². The minimum absolute atomic E-state index is 0.858. The summed E-state index contributed by atoms with van der Waals surface area (Å²) in [4.78, 5) is 0. The molecule has 1 heterocycles. The Kier molecular flexibility index (Phi) is 5.82. The van der Waals surface area contributed by atoms with Gasteiger partial charge in [-0.3, -0.25) is 0 Å². The molecule has 0 aromatic carbocycles. The maximum absolute atomic E-state index is 5.26. The second-order valence-corrected chi connectivity index (χ2v) is 4.30. The molecule has 0 radical (unpaired) electrons. The second kappa shape index (κ2) is 6.75. The van der Waals surface area contributed by atoms with E-state index in [4.69, 9.17) is 4.74 Å². The molecule has 0 atom stereocenters. The Hall–Kier alpha value is 0.270.